The second-order valence-corrected chi connectivity index (χ2v) is 4.16. The Kier molecular flexibility index (Phi) is 5.74. The maximum atomic E-state index is 11.6. The summed E-state index contributed by atoms with van der Waals surface area (Å²) in [5, 5.41) is 2.83. The zero-order valence-corrected chi connectivity index (χ0v) is 12.1. The number of anilines is 1. The van der Waals surface area contributed by atoms with Gasteiger partial charge in [-0.05, 0) is 18.2 Å². The van der Waals surface area contributed by atoms with Gasteiger partial charge >= 0.3 is 11.9 Å². The number of methoxy groups -OCH3 is 2. The van der Waals surface area contributed by atoms with E-state index in [0.29, 0.717) is 0 Å². The van der Waals surface area contributed by atoms with Crippen molar-refractivity contribution in [3.05, 3.63) is 40.6 Å². The first kappa shape index (κ1) is 16.5. The number of halogens is 1. The van der Waals surface area contributed by atoms with Gasteiger partial charge in [-0.1, -0.05) is 11.6 Å². The van der Waals surface area contributed by atoms with Crippen LogP contribution in [0.25, 0.3) is 0 Å². The third-order valence-corrected chi connectivity index (χ3v) is 2.72. The van der Waals surface area contributed by atoms with Crippen molar-refractivity contribution >= 4 is 35.1 Å². The molecule has 0 unspecified atom stereocenters. The summed E-state index contributed by atoms with van der Waals surface area (Å²) in [6.45, 7) is 0. The fourth-order valence-electron chi connectivity index (χ4n) is 1.35. The number of amides is 1. The van der Waals surface area contributed by atoms with Crippen LogP contribution >= 0.6 is 11.6 Å². The van der Waals surface area contributed by atoms with E-state index in [-0.39, 0.29) is 22.0 Å². The summed E-state index contributed by atoms with van der Waals surface area (Å²) in [6.07, 6.45) is 0.902. The van der Waals surface area contributed by atoms with Gasteiger partial charge in [0, 0.05) is 5.56 Å². The van der Waals surface area contributed by atoms with Crippen molar-refractivity contribution in [2.24, 2.45) is 5.73 Å². The minimum absolute atomic E-state index is 0.184. The molecule has 0 radical (unpaired) electrons. The molecule has 1 aromatic carbocycles. The molecule has 3 N–H and O–H groups in total. The average Bonchev–Trinajstić information content (AvgIpc) is 2.47. The minimum atomic E-state index is -0.805. The molecule has 1 amide bonds. The summed E-state index contributed by atoms with van der Waals surface area (Å²) in [6, 6.07) is 4.20. The van der Waals surface area contributed by atoms with Crippen LogP contribution in [0, 0.1) is 0 Å². The normalized spacial score (nSPS) is 10.7. The SMILES string of the molecule is COC(=O)/C=C(/Nc1cc(C(N)=O)ccc1Cl)C(=O)OC. The van der Waals surface area contributed by atoms with Gasteiger partial charge in [-0.25, -0.2) is 9.59 Å². The van der Waals surface area contributed by atoms with Gasteiger partial charge in [0.25, 0.3) is 0 Å². The molecule has 1 aromatic rings. The number of rotatable bonds is 5. The molecular formula is C13H13ClN2O5. The molecule has 0 atom stereocenters. The first-order valence-corrected chi connectivity index (χ1v) is 6.01. The molecule has 0 heterocycles. The molecule has 0 bridgehead atoms. The maximum Gasteiger partial charge on any atom is 0.354 e. The molecule has 8 heteroatoms. The van der Waals surface area contributed by atoms with Gasteiger partial charge < -0.3 is 20.5 Å². The lowest BCUT2D eigenvalue weighted by Gasteiger charge is -2.11. The lowest BCUT2D eigenvalue weighted by Crippen LogP contribution is -2.16. The predicted molar refractivity (Wildman–Crippen MR) is 75.7 cm³/mol. The van der Waals surface area contributed by atoms with Crippen LogP contribution in [0.4, 0.5) is 5.69 Å². The lowest BCUT2D eigenvalue weighted by molar-refractivity contribution is -0.138. The minimum Gasteiger partial charge on any atom is -0.466 e. The van der Waals surface area contributed by atoms with Crippen molar-refractivity contribution in [1.29, 1.82) is 0 Å². The number of nitrogens with one attached hydrogen (secondary N) is 1. The van der Waals surface area contributed by atoms with E-state index >= 15 is 0 Å². The predicted octanol–water partition coefficient (Wildman–Crippen LogP) is 1.08. The van der Waals surface area contributed by atoms with Crippen LogP contribution in [0.1, 0.15) is 10.4 Å². The second-order valence-electron chi connectivity index (χ2n) is 3.76. The third kappa shape index (κ3) is 4.50. The Bertz CT molecular complexity index is 613. The average molecular weight is 313 g/mol. The van der Waals surface area contributed by atoms with Crippen LogP contribution in [0.15, 0.2) is 30.0 Å². The molecule has 0 aliphatic rings. The van der Waals surface area contributed by atoms with Crippen LogP contribution in [0.5, 0.6) is 0 Å². The van der Waals surface area contributed by atoms with Gasteiger partial charge in [0.1, 0.15) is 5.70 Å². The Morgan fingerprint density at radius 2 is 1.90 bits per heavy atom. The van der Waals surface area contributed by atoms with E-state index in [9.17, 15) is 14.4 Å². The van der Waals surface area contributed by atoms with E-state index in [2.05, 4.69) is 14.8 Å². The highest BCUT2D eigenvalue weighted by Crippen LogP contribution is 2.24. The molecular weight excluding hydrogens is 300 g/mol. The Morgan fingerprint density at radius 1 is 1.24 bits per heavy atom. The van der Waals surface area contributed by atoms with Crippen molar-refractivity contribution in [3.63, 3.8) is 0 Å². The quantitative estimate of drug-likeness (QED) is 0.622. The number of hydrogen-bond acceptors (Lipinski definition) is 6. The number of carbonyl (C=O) groups excluding carboxylic acids is 3. The number of esters is 2. The Balaban J connectivity index is 3.17. The number of carbonyl (C=O) groups is 3. The zero-order chi connectivity index (χ0) is 16.0. The molecule has 7 nitrogen and oxygen atoms in total. The number of ether oxygens (including phenoxy) is 2. The highest BCUT2D eigenvalue weighted by atomic mass is 35.5. The number of primary amides is 1. The highest BCUT2D eigenvalue weighted by molar-refractivity contribution is 6.33. The summed E-state index contributed by atoms with van der Waals surface area (Å²) < 4.78 is 8.97. The van der Waals surface area contributed by atoms with Crippen molar-refractivity contribution < 1.29 is 23.9 Å². The summed E-state index contributed by atoms with van der Waals surface area (Å²) >= 11 is 5.95. The molecule has 0 fully saturated rings. The molecule has 21 heavy (non-hydrogen) atoms. The molecule has 0 aliphatic heterocycles. The largest absolute Gasteiger partial charge is 0.466 e. The van der Waals surface area contributed by atoms with E-state index in [1.165, 1.54) is 18.2 Å². The van der Waals surface area contributed by atoms with E-state index in [1.807, 2.05) is 0 Å². The molecule has 0 saturated carbocycles. The summed E-state index contributed by atoms with van der Waals surface area (Å²) in [4.78, 5) is 34.0. The first-order chi connectivity index (χ1) is 9.88. The van der Waals surface area contributed by atoms with Gasteiger partial charge in [0.15, 0.2) is 0 Å². The second kappa shape index (κ2) is 7.30. The van der Waals surface area contributed by atoms with E-state index in [0.717, 1.165) is 20.3 Å². The van der Waals surface area contributed by atoms with Gasteiger partial charge in [0.05, 0.1) is 31.0 Å². The highest BCUT2D eigenvalue weighted by Gasteiger charge is 2.15. The van der Waals surface area contributed by atoms with Crippen molar-refractivity contribution in [2.45, 2.75) is 0 Å². The first-order valence-electron chi connectivity index (χ1n) is 5.63. The Labute approximate surface area is 125 Å². The maximum absolute atomic E-state index is 11.6. The van der Waals surface area contributed by atoms with Crippen LogP contribution in [-0.2, 0) is 19.1 Å². The zero-order valence-electron chi connectivity index (χ0n) is 11.3. The summed E-state index contributed by atoms with van der Waals surface area (Å²) in [5.74, 6) is -2.22. The molecule has 1 rings (SSSR count). The van der Waals surface area contributed by atoms with Crippen molar-refractivity contribution in [1.82, 2.24) is 0 Å². The van der Waals surface area contributed by atoms with Crippen LogP contribution in [0.3, 0.4) is 0 Å². The third-order valence-electron chi connectivity index (χ3n) is 2.39. The monoisotopic (exact) mass is 312 g/mol. The van der Waals surface area contributed by atoms with Gasteiger partial charge in [-0.3, -0.25) is 4.79 Å². The fourth-order valence-corrected chi connectivity index (χ4v) is 1.52. The Morgan fingerprint density at radius 3 is 2.43 bits per heavy atom. The van der Waals surface area contributed by atoms with E-state index in [4.69, 9.17) is 17.3 Å². The van der Waals surface area contributed by atoms with Gasteiger partial charge in [-0.15, -0.1) is 0 Å². The molecule has 0 saturated heterocycles. The number of hydrogen-bond donors (Lipinski definition) is 2. The topological polar surface area (TPSA) is 108 Å². The molecule has 0 spiro atoms. The summed E-state index contributed by atoms with van der Waals surface area (Å²) in [5.41, 5.74) is 5.36. The standard InChI is InChI=1S/C13H13ClN2O5/c1-20-11(17)6-10(13(19)21-2)16-9-5-7(12(15)18)3-4-8(9)14/h3-6,16H,1-2H3,(H2,15,18)/b10-6+. The summed E-state index contributed by atoms with van der Waals surface area (Å²) in [7, 11) is 2.31. The van der Waals surface area contributed by atoms with Crippen molar-refractivity contribution in [2.75, 3.05) is 19.5 Å². The number of nitrogens with two attached hydrogens (primary N) is 1. The smallest absolute Gasteiger partial charge is 0.354 e. The molecule has 0 aliphatic carbocycles. The Hall–Kier alpha value is -2.54. The molecule has 0 aromatic heterocycles. The van der Waals surface area contributed by atoms with Crippen molar-refractivity contribution in [3.8, 4) is 0 Å². The fraction of sp³-hybridized carbons (Fsp3) is 0.154. The lowest BCUT2D eigenvalue weighted by atomic mass is 10.2. The molecule has 112 valence electrons. The van der Waals surface area contributed by atoms with Crippen LogP contribution in [-0.4, -0.2) is 32.1 Å². The van der Waals surface area contributed by atoms with E-state index < -0.39 is 17.8 Å². The van der Waals surface area contributed by atoms with Gasteiger partial charge in [0.2, 0.25) is 5.91 Å². The van der Waals surface area contributed by atoms with Crippen LogP contribution in [0.2, 0.25) is 5.02 Å². The van der Waals surface area contributed by atoms with E-state index in [1.54, 1.807) is 0 Å². The van der Waals surface area contributed by atoms with Crippen LogP contribution < -0.4 is 11.1 Å². The van der Waals surface area contributed by atoms with Gasteiger partial charge in [-0.2, -0.15) is 0 Å². The number of benzene rings is 1.